The van der Waals surface area contributed by atoms with Crippen LogP contribution in [0, 0.1) is 11.3 Å². The van der Waals surface area contributed by atoms with Gasteiger partial charge < -0.3 is 19.6 Å². The quantitative estimate of drug-likeness (QED) is 0.370. The number of fused-ring (bicyclic) bond motifs is 1. The summed E-state index contributed by atoms with van der Waals surface area (Å²) in [7, 11) is 1.43. The van der Waals surface area contributed by atoms with Gasteiger partial charge in [0.05, 0.1) is 24.0 Å². The van der Waals surface area contributed by atoms with Gasteiger partial charge in [0, 0.05) is 48.2 Å². The SMILES string of the molecule is COC(=O)C(c1cc(N2CC3(CN(c4ccc5cc(-c6ccccc6O)nnc5c4)C3)C2)sn1)C(C)C. The van der Waals surface area contributed by atoms with E-state index >= 15 is 0 Å². The van der Waals surface area contributed by atoms with Crippen LogP contribution in [0.2, 0.25) is 0 Å². The number of anilines is 2. The van der Waals surface area contributed by atoms with Gasteiger partial charge in [0.15, 0.2) is 0 Å². The molecule has 2 aromatic heterocycles. The maximum absolute atomic E-state index is 12.2. The van der Waals surface area contributed by atoms with E-state index in [-0.39, 0.29) is 23.6 Å². The number of rotatable bonds is 6. The monoisotopic (exact) mass is 515 g/mol. The fourth-order valence-corrected chi connectivity index (χ4v) is 6.33. The Bertz CT molecular complexity index is 1470. The first-order valence-electron chi connectivity index (χ1n) is 12.5. The van der Waals surface area contributed by atoms with E-state index in [1.165, 1.54) is 18.6 Å². The number of esters is 1. The van der Waals surface area contributed by atoms with Crippen molar-refractivity contribution in [3.05, 3.63) is 60.3 Å². The number of ether oxygens (including phenoxy) is 1. The van der Waals surface area contributed by atoms with Crippen molar-refractivity contribution in [2.75, 3.05) is 43.1 Å². The second-order valence-corrected chi connectivity index (χ2v) is 11.3. The van der Waals surface area contributed by atoms with Gasteiger partial charge >= 0.3 is 5.97 Å². The van der Waals surface area contributed by atoms with Crippen molar-refractivity contribution in [1.82, 2.24) is 14.6 Å². The van der Waals surface area contributed by atoms with E-state index in [0.717, 1.165) is 53.5 Å². The lowest BCUT2D eigenvalue weighted by atomic mass is 9.72. The summed E-state index contributed by atoms with van der Waals surface area (Å²) in [6.07, 6.45) is 0. The summed E-state index contributed by atoms with van der Waals surface area (Å²) in [5.74, 6) is -0.217. The maximum atomic E-state index is 12.2. The second-order valence-electron chi connectivity index (χ2n) is 10.5. The fraction of sp³-hybridized carbons (Fsp3) is 0.357. The molecule has 0 aliphatic carbocycles. The Morgan fingerprint density at radius 2 is 1.78 bits per heavy atom. The van der Waals surface area contributed by atoms with E-state index in [1.807, 2.05) is 32.0 Å². The number of carbonyl (C=O) groups is 1. The normalized spacial score (nSPS) is 17.1. The maximum Gasteiger partial charge on any atom is 0.315 e. The summed E-state index contributed by atoms with van der Waals surface area (Å²) in [6.45, 7) is 8.03. The third kappa shape index (κ3) is 4.17. The third-order valence-electron chi connectivity index (χ3n) is 7.49. The molecule has 2 aromatic carbocycles. The van der Waals surface area contributed by atoms with E-state index in [9.17, 15) is 9.90 Å². The predicted molar refractivity (Wildman–Crippen MR) is 145 cm³/mol. The molecule has 0 saturated carbocycles. The van der Waals surface area contributed by atoms with Crippen molar-refractivity contribution in [2.45, 2.75) is 19.8 Å². The summed E-state index contributed by atoms with van der Waals surface area (Å²) in [4.78, 5) is 17.0. The van der Waals surface area contributed by atoms with Gasteiger partial charge in [0.1, 0.15) is 16.7 Å². The Hall–Kier alpha value is -3.72. The van der Waals surface area contributed by atoms with Crippen molar-refractivity contribution in [3.63, 3.8) is 0 Å². The standard InChI is InChI=1S/C28H29N5O3S/c1-17(2)26(27(35)36-3)23-12-25(37-31-23)33-15-28(16-33)13-32(14-28)19-9-8-18-10-22(30-29-21(18)11-19)20-6-4-5-7-24(20)34/h4-12,17,26,34H,13-16H2,1-3H3. The molecule has 9 heteroatoms. The van der Waals surface area contributed by atoms with E-state index in [4.69, 9.17) is 4.74 Å². The van der Waals surface area contributed by atoms with Crippen LogP contribution in [-0.4, -0.2) is 58.9 Å². The van der Waals surface area contributed by atoms with Crippen molar-refractivity contribution < 1.29 is 14.6 Å². The first-order valence-corrected chi connectivity index (χ1v) is 13.2. The van der Waals surface area contributed by atoms with Crippen LogP contribution in [0.1, 0.15) is 25.5 Å². The molecule has 2 aliphatic rings. The number of carbonyl (C=O) groups excluding carboxylic acids is 1. The number of benzene rings is 2. The van der Waals surface area contributed by atoms with Gasteiger partial charge in [0.2, 0.25) is 0 Å². The molecule has 37 heavy (non-hydrogen) atoms. The number of hydrogen-bond acceptors (Lipinski definition) is 9. The molecule has 1 atom stereocenters. The second kappa shape index (κ2) is 8.99. The Balaban J connectivity index is 1.10. The molecule has 0 bridgehead atoms. The lowest BCUT2D eigenvalue weighted by Gasteiger charge is -2.61. The molecule has 190 valence electrons. The molecule has 0 amide bonds. The summed E-state index contributed by atoms with van der Waals surface area (Å²) in [5.41, 5.74) is 4.43. The van der Waals surface area contributed by atoms with Crippen molar-refractivity contribution in [2.24, 2.45) is 11.3 Å². The third-order valence-corrected chi connectivity index (χ3v) is 8.36. The molecule has 1 unspecified atom stereocenters. The van der Waals surface area contributed by atoms with E-state index in [1.54, 1.807) is 12.1 Å². The van der Waals surface area contributed by atoms with Gasteiger partial charge in [-0.2, -0.15) is 4.37 Å². The smallest absolute Gasteiger partial charge is 0.315 e. The minimum atomic E-state index is -0.324. The molecule has 2 saturated heterocycles. The topological polar surface area (TPSA) is 91.7 Å². The minimum Gasteiger partial charge on any atom is -0.507 e. The number of hydrogen-bond donors (Lipinski definition) is 1. The number of nitrogens with zero attached hydrogens (tertiary/aromatic N) is 5. The molecule has 2 fully saturated rings. The van der Waals surface area contributed by atoms with Crippen LogP contribution in [0.25, 0.3) is 22.2 Å². The highest BCUT2D eigenvalue weighted by Crippen LogP contribution is 2.45. The lowest BCUT2D eigenvalue weighted by Crippen LogP contribution is -2.72. The van der Waals surface area contributed by atoms with Gasteiger partial charge in [-0.15, -0.1) is 10.2 Å². The summed E-state index contributed by atoms with van der Waals surface area (Å²) >= 11 is 1.47. The Morgan fingerprint density at radius 1 is 1.03 bits per heavy atom. The van der Waals surface area contributed by atoms with Crippen LogP contribution in [0.5, 0.6) is 5.75 Å². The zero-order chi connectivity index (χ0) is 25.7. The molecular weight excluding hydrogens is 486 g/mol. The van der Waals surface area contributed by atoms with Crippen LogP contribution >= 0.6 is 11.5 Å². The minimum absolute atomic E-state index is 0.133. The highest BCUT2D eigenvalue weighted by atomic mass is 32.1. The van der Waals surface area contributed by atoms with Gasteiger partial charge in [-0.1, -0.05) is 32.0 Å². The molecule has 8 nitrogen and oxygen atoms in total. The van der Waals surface area contributed by atoms with Gasteiger partial charge in [-0.25, -0.2) is 0 Å². The van der Waals surface area contributed by atoms with Crippen LogP contribution in [-0.2, 0) is 9.53 Å². The van der Waals surface area contributed by atoms with E-state index < -0.39 is 0 Å². The molecule has 2 aliphatic heterocycles. The number of phenolic OH excluding ortho intramolecular Hbond substituents is 1. The Kier molecular flexibility index (Phi) is 5.75. The molecule has 4 aromatic rings. The molecule has 6 rings (SSSR count). The van der Waals surface area contributed by atoms with Crippen molar-refractivity contribution in [3.8, 4) is 17.0 Å². The molecule has 4 heterocycles. The highest BCUT2D eigenvalue weighted by Gasteiger charge is 2.52. The van der Waals surface area contributed by atoms with Crippen molar-refractivity contribution >= 4 is 39.1 Å². The van der Waals surface area contributed by atoms with Crippen molar-refractivity contribution in [1.29, 1.82) is 0 Å². The number of phenols is 1. The highest BCUT2D eigenvalue weighted by molar-refractivity contribution is 7.10. The first-order chi connectivity index (χ1) is 17.9. The van der Waals surface area contributed by atoms with Crippen LogP contribution in [0.3, 0.4) is 0 Å². The predicted octanol–water partition coefficient (Wildman–Crippen LogP) is 4.70. The first kappa shape index (κ1) is 23.7. The number of aromatic nitrogens is 3. The molecule has 0 radical (unpaired) electrons. The zero-order valence-electron chi connectivity index (χ0n) is 21.1. The average molecular weight is 516 g/mol. The molecule has 1 spiro atoms. The van der Waals surface area contributed by atoms with Crippen LogP contribution < -0.4 is 9.80 Å². The number of aromatic hydroxyl groups is 1. The van der Waals surface area contributed by atoms with Gasteiger partial charge in [0.25, 0.3) is 0 Å². The average Bonchev–Trinajstić information content (AvgIpc) is 3.31. The van der Waals surface area contributed by atoms with E-state index in [0.29, 0.717) is 16.7 Å². The van der Waals surface area contributed by atoms with Gasteiger partial charge in [-0.3, -0.25) is 4.79 Å². The van der Waals surface area contributed by atoms with Crippen LogP contribution in [0.15, 0.2) is 54.6 Å². The van der Waals surface area contributed by atoms with Crippen LogP contribution in [0.4, 0.5) is 10.7 Å². The Labute approximate surface area is 219 Å². The summed E-state index contributed by atoms with van der Waals surface area (Å²) in [6, 6.07) is 17.5. The molecule has 1 N–H and O–H groups in total. The van der Waals surface area contributed by atoms with Gasteiger partial charge in [-0.05, 0) is 53.8 Å². The fourth-order valence-electron chi connectivity index (χ4n) is 5.54. The lowest BCUT2D eigenvalue weighted by molar-refractivity contribution is -0.143. The van der Waals surface area contributed by atoms with E-state index in [2.05, 4.69) is 48.6 Å². The summed E-state index contributed by atoms with van der Waals surface area (Å²) < 4.78 is 9.58. The summed E-state index contributed by atoms with van der Waals surface area (Å²) in [5, 5.41) is 21.0. The number of para-hydroxylation sites is 1. The zero-order valence-corrected chi connectivity index (χ0v) is 21.9. The number of methoxy groups -OCH3 is 1. The Morgan fingerprint density at radius 3 is 2.51 bits per heavy atom. The largest absolute Gasteiger partial charge is 0.507 e. The molecular formula is C28H29N5O3S.